The number of hydrogen-bond donors (Lipinski definition) is 1. The monoisotopic (exact) mass is 269 g/mol. The molecule has 0 atom stereocenters. The van der Waals surface area contributed by atoms with Crippen molar-refractivity contribution < 1.29 is 4.79 Å². The maximum atomic E-state index is 12.2. The third-order valence-electron chi connectivity index (χ3n) is 3.77. The Labute approximate surface area is 118 Å². The van der Waals surface area contributed by atoms with Crippen LogP contribution in [0.4, 0.5) is 0 Å². The van der Waals surface area contributed by atoms with E-state index in [0.717, 1.165) is 51.5 Å². The molecule has 1 amide bonds. The van der Waals surface area contributed by atoms with Crippen LogP contribution in [-0.2, 0) is 4.79 Å². The largest absolute Gasteiger partial charge is 0.342 e. The van der Waals surface area contributed by atoms with E-state index < -0.39 is 0 Å². The lowest BCUT2D eigenvalue weighted by Crippen LogP contribution is -2.42. The van der Waals surface area contributed by atoms with E-state index in [0.29, 0.717) is 12.5 Å². The highest BCUT2D eigenvalue weighted by Crippen LogP contribution is 2.12. The summed E-state index contributed by atoms with van der Waals surface area (Å²) in [6.45, 7) is 9.95. The average molecular weight is 269 g/mol. The van der Waals surface area contributed by atoms with E-state index in [4.69, 9.17) is 0 Å². The summed E-state index contributed by atoms with van der Waals surface area (Å²) in [5, 5.41) is 3.39. The molecule has 0 bridgehead atoms. The molecule has 4 heteroatoms. The van der Waals surface area contributed by atoms with E-state index in [1.54, 1.807) is 0 Å². The standard InChI is InChI=1S/C15H31N3O/c1-4-10-18(11-5-2)15(19)13-17(3)12-14-6-8-16-9-7-14/h14,16H,4-13H2,1-3H3. The highest BCUT2D eigenvalue weighted by molar-refractivity contribution is 5.78. The first-order valence-corrected chi connectivity index (χ1v) is 7.84. The molecule has 19 heavy (non-hydrogen) atoms. The van der Waals surface area contributed by atoms with E-state index in [2.05, 4.69) is 31.1 Å². The molecule has 0 aromatic heterocycles. The summed E-state index contributed by atoms with van der Waals surface area (Å²) in [5.74, 6) is 1.05. The first kappa shape index (κ1) is 16.4. The van der Waals surface area contributed by atoms with Crippen molar-refractivity contribution in [3.05, 3.63) is 0 Å². The van der Waals surface area contributed by atoms with Gasteiger partial charge in [-0.2, -0.15) is 0 Å². The van der Waals surface area contributed by atoms with E-state index in [1.165, 1.54) is 12.8 Å². The summed E-state index contributed by atoms with van der Waals surface area (Å²) in [5.41, 5.74) is 0. The molecule has 1 aliphatic heterocycles. The fraction of sp³-hybridized carbons (Fsp3) is 0.933. The van der Waals surface area contributed by atoms with Crippen LogP contribution >= 0.6 is 0 Å². The van der Waals surface area contributed by atoms with Crippen LogP contribution in [0.2, 0.25) is 0 Å². The molecule has 0 aromatic carbocycles. The summed E-state index contributed by atoms with van der Waals surface area (Å²) in [6, 6.07) is 0. The number of nitrogens with one attached hydrogen (secondary N) is 1. The number of amides is 1. The number of carbonyl (C=O) groups excluding carboxylic acids is 1. The topological polar surface area (TPSA) is 35.6 Å². The van der Waals surface area contributed by atoms with Gasteiger partial charge >= 0.3 is 0 Å². The zero-order valence-corrected chi connectivity index (χ0v) is 13.0. The Morgan fingerprint density at radius 3 is 2.26 bits per heavy atom. The summed E-state index contributed by atoms with van der Waals surface area (Å²) in [7, 11) is 2.08. The van der Waals surface area contributed by atoms with Crippen LogP contribution in [-0.4, -0.2) is 62.0 Å². The zero-order valence-electron chi connectivity index (χ0n) is 13.0. The summed E-state index contributed by atoms with van der Waals surface area (Å²) in [6.07, 6.45) is 4.58. The minimum atomic E-state index is 0.292. The van der Waals surface area contributed by atoms with Crippen molar-refractivity contribution in [2.75, 3.05) is 46.3 Å². The zero-order chi connectivity index (χ0) is 14.1. The lowest BCUT2D eigenvalue weighted by atomic mass is 9.98. The Morgan fingerprint density at radius 1 is 1.16 bits per heavy atom. The number of carbonyl (C=O) groups is 1. The van der Waals surface area contributed by atoms with Crippen LogP contribution in [0.3, 0.4) is 0 Å². The van der Waals surface area contributed by atoms with E-state index >= 15 is 0 Å². The number of likely N-dealkylation sites (N-methyl/N-ethyl adjacent to an activating group) is 1. The molecule has 1 saturated heterocycles. The number of nitrogens with zero attached hydrogens (tertiary/aromatic N) is 2. The summed E-state index contributed by atoms with van der Waals surface area (Å²) in [4.78, 5) is 16.5. The molecule has 0 radical (unpaired) electrons. The Kier molecular flexibility index (Phi) is 8.07. The van der Waals surface area contributed by atoms with Crippen molar-refractivity contribution in [2.45, 2.75) is 39.5 Å². The molecule has 1 rings (SSSR count). The predicted octanol–water partition coefficient (Wildman–Crippen LogP) is 1.57. The van der Waals surface area contributed by atoms with Gasteiger partial charge in [0.1, 0.15) is 0 Å². The van der Waals surface area contributed by atoms with E-state index in [9.17, 15) is 4.79 Å². The molecule has 0 unspecified atom stereocenters. The minimum absolute atomic E-state index is 0.292. The molecule has 1 aliphatic rings. The molecule has 112 valence electrons. The average Bonchev–Trinajstić information content (AvgIpc) is 2.39. The van der Waals surface area contributed by atoms with Crippen LogP contribution in [0.5, 0.6) is 0 Å². The quantitative estimate of drug-likeness (QED) is 0.726. The highest BCUT2D eigenvalue weighted by atomic mass is 16.2. The van der Waals surface area contributed by atoms with E-state index in [-0.39, 0.29) is 0 Å². The minimum Gasteiger partial charge on any atom is -0.342 e. The number of piperidine rings is 1. The van der Waals surface area contributed by atoms with Crippen LogP contribution in [0.1, 0.15) is 39.5 Å². The lowest BCUT2D eigenvalue weighted by molar-refractivity contribution is -0.132. The maximum Gasteiger partial charge on any atom is 0.236 e. The van der Waals surface area contributed by atoms with Crippen molar-refractivity contribution >= 4 is 5.91 Å². The molecule has 1 heterocycles. The van der Waals surface area contributed by atoms with Gasteiger partial charge in [-0.25, -0.2) is 0 Å². The molecule has 0 aromatic rings. The molecule has 0 saturated carbocycles. The second kappa shape index (κ2) is 9.32. The third kappa shape index (κ3) is 6.39. The molecular formula is C15H31N3O. The van der Waals surface area contributed by atoms with Gasteiger partial charge in [0.15, 0.2) is 0 Å². The second-order valence-corrected chi connectivity index (χ2v) is 5.77. The first-order chi connectivity index (χ1) is 9.17. The summed E-state index contributed by atoms with van der Waals surface area (Å²) < 4.78 is 0. The second-order valence-electron chi connectivity index (χ2n) is 5.77. The van der Waals surface area contributed by atoms with Gasteiger partial charge in [-0.3, -0.25) is 9.69 Å². The Bertz CT molecular complexity index is 246. The summed E-state index contributed by atoms with van der Waals surface area (Å²) >= 11 is 0. The normalized spacial score (nSPS) is 16.8. The van der Waals surface area contributed by atoms with Gasteiger partial charge < -0.3 is 10.2 Å². The van der Waals surface area contributed by atoms with Crippen molar-refractivity contribution in [3.8, 4) is 0 Å². The highest BCUT2D eigenvalue weighted by Gasteiger charge is 2.18. The maximum absolute atomic E-state index is 12.2. The molecule has 0 spiro atoms. The van der Waals surface area contributed by atoms with Crippen molar-refractivity contribution in [2.24, 2.45) is 5.92 Å². The van der Waals surface area contributed by atoms with E-state index in [1.807, 2.05) is 4.90 Å². The van der Waals surface area contributed by atoms with Crippen LogP contribution < -0.4 is 5.32 Å². The fourth-order valence-electron chi connectivity index (χ4n) is 2.80. The van der Waals surface area contributed by atoms with Gasteiger partial charge in [-0.05, 0) is 51.7 Å². The van der Waals surface area contributed by atoms with Gasteiger partial charge in [0.25, 0.3) is 0 Å². The Morgan fingerprint density at radius 2 is 1.74 bits per heavy atom. The fourth-order valence-corrected chi connectivity index (χ4v) is 2.80. The van der Waals surface area contributed by atoms with Crippen LogP contribution in [0.15, 0.2) is 0 Å². The molecule has 4 nitrogen and oxygen atoms in total. The smallest absolute Gasteiger partial charge is 0.236 e. The number of hydrogen-bond acceptors (Lipinski definition) is 3. The Balaban J connectivity index is 2.31. The first-order valence-electron chi connectivity index (χ1n) is 7.84. The molecule has 0 aliphatic carbocycles. The van der Waals surface area contributed by atoms with Gasteiger partial charge in [0.05, 0.1) is 6.54 Å². The van der Waals surface area contributed by atoms with Gasteiger partial charge in [-0.15, -0.1) is 0 Å². The van der Waals surface area contributed by atoms with Gasteiger partial charge in [-0.1, -0.05) is 13.8 Å². The molecule has 1 N–H and O–H groups in total. The van der Waals surface area contributed by atoms with Crippen molar-refractivity contribution in [3.63, 3.8) is 0 Å². The predicted molar refractivity (Wildman–Crippen MR) is 80.3 cm³/mol. The lowest BCUT2D eigenvalue weighted by Gasteiger charge is -2.29. The van der Waals surface area contributed by atoms with Crippen LogP contribution in [0, 0.1) is 5.92 Å². The van der Waals surface area contributed by atoms with Crippen molar-refractivity contribution in [1.82, 2.24) is 15.1 Å². The van der Waals surface area contributed by atoms with Crippen LogP contribution in [0.25, 0.3) is 0 Å². The van der Waals surface area contributed by atoms with Gasteiger partial charge in [0, 0.05) is 19.6 Å². The Hall–Kier alpha value is -0.610. The molecular weight excluding hydrogens is 238 g/mol. The SMILES string of the molecule is CCCN(CCC)C(=O)CN(C)CC1CCNCC1. The molecule has 1 fully saturated rings. The van der Waals surface area contributed by atoms with Crippen molar-refractivity contribution in [1.29, 1.82) is 0 Å². The third-order valence-corrected chi connectivity index (χ3v) is 3.77. The number of rotatable bonds is 8. The van der Waals surface area contributed by atoms with Gasteiger partial charge in [0.2, 0.25) is 5.91 Å².